The third kappa shape index (κ3) is 3.71. The molecule has 0 bridgehead atoms. The Balaban J connectivity index is 1.63. The average molecular weight is 378 g/mol. The Morgan fingerprint density at radius 1 is 1.04 bits per heavy atom. The number of piperidine rings is 1. The molecule has 1 fully saturated rings. The molecule has 5 heteroatoms. The Hall–Kier alpha value is -2.72. The summed E-state index contributed by atoms with van der Waals surface area (Å²) in [7, 11) is 0. The Kier molecular flexibility index (Phi) is 5.16. The molecule has 0 aliphatic carbocycles. The van der Waals surface area contributed by atoms with Crippen LogP contribution in [0.4, 0.5) is 0 Å². The maximum absolute atomic E-state index is 12.9. The quantitative estimate of drug-likeness (QED) is 0.657. The summed E-state index contributed by atoms with van der Waals surface area (Å²) in [6.07, 6.45) is 5.34. The number of rotatable bonds is 3. The molecule has 1 saturated heterocycles. The summed E-state index contributed by atoms with van der Waals surface area (Å²) in [6.45, 7) is 1.43. The highest BCUT2D eigenvalue weighted by atomic mass is 35.5. The van der Waals surface area contributed by atoms with Gasteiger partial charge in [0.2, 0.25) is 0 Å². The van der Waals surface area contributed by atoms with Gasteiger partial charge in [0.15, 0.2) is 0 Å². The van der Waals surface area contributed by atoms with Crippen LogP contribution in [0.1, 0.15) is 34.8 Å². The highest BCUT2D eigenvalue weighted by molar-refractivity contribution is 6.33. The fourth-order valence-corrected chi connectivity index (χ4v) is 3.94. The number of aromatic nitrogens is 2. The van der Waals surface area contributed by atoms with Crippen LogP contribution in [0, 0.1) is 0 Å². The maximum atomic E-state index is 12.9. The van der Waals surface area contributed by atoms with E-state index in [1.807, 2.05) is 65.7 Å². The van der Waals surface area contributed by atoms with Gasteiger partial charge in [0.1, 0.15) is 6.33 Å². The lowest BCUT2D eigenvalue weighted by atomic mass is 9.89. The summed E-state index contributed by atoms with van der Waals surface area (Å²) in [6, 6.07) is 17.2. The minimum atomic E-state index is 0.0775. The Morgan fingerprint density at radius 3 is 2.63 bits per heavy atom. The van der Waals surface area contributed by atoms with Gasteiger partial charge in [-0.25, -0.2) is 9.97 Å². The van der Waals surface area contributed by atoms with Gasteiger partial charge in [0.25, 0.3) is 5.91 Å². The molecular weight excluding hydrogens is 358 g/mol. The molecule has 0 spiro atoms. The molecular formula is C22H20ClN3O. The zero-order valence-corrected chi connectivity index (χ0v) is 15.6. The highest BCUT2D eigenvalue weighted by Gasteiger charge is 2.28. The summed E-state index contributed by atoms with van der Waals surface area (Å²) < 4.78 is 0. The minimum Gasteiger partial charge on any atom is -0.338 e. The van der Waals surface area contributed by atoms with Crippen LogP contribution in [0.3, 0.4) is 0 Å². The van der Waals surface area contributed by atoms with Gasteiger partial charge in [0, 0.05) is 46.9 Å². The summed E-state index contributed by atoms with van der Waals surface area (Å²) >= 11 is 6.41. The van der Waals surface area contributed by atoms with Crippen LogP contribution in [-0.4, -0.2) is 33.9 Å². The molecule has 1 unspecified atom stereocenters. The monoisotopic (exact) mass is 377 g/mol. The normalized spacial score (nSPS) is 16.9. The number of hydrogen-bond donors (Lipinski definition) is 0. The number of carbonyl (C=O) groups is 1. The number of benzene rings is 2. The molecule has 0 saturated carbocycles. The number of likely N-dealkylation sites (tertiary alicyclic amines) is 1. The van der Waals surface area contributed by atoms with Crippen molar-refractivity contribution >= 4 is 17.5 Å². The third-order valence-electron chi connectivity index (χ3n) is 5.02. The maximum Gasteiger partial charge on any atom is 0.253 e. The van der Waals surface area contributed by atoms with E-state index in [4.69, 9.17) is 11.6 Å². The van der Waals surface area contributed by atoms with E-state index >= 15 is 0 Å². The zero-order valence-electron chi connectivity index (χ0n) is 14.9. The summed E-state index contributed by atoms with van der Waals surface area (Å²) in [5.41, 5.74) is 3.57. The lowest BCUT2D eigenvalue weighted by Crippen LogP contribution is -2.39. The SMILES string of the molecule is O=C(c1ccccc1)N1CCCC(c2ncncc2-c2ccccc2Cl)C1. The first-order chi connectivity index (χ1) is 13.2. The summed E-state index contributed by atoms with van der Waals surface area (Å²) in [5.74, 6) is 0.245. The molecule has 1 aromatic heterocycles. The highest BCUT2D eigenvalue weighted by Crippen LogP contribution is 2.35. The molecule has 0 N–H and O–H groups in total. The predicted octanol–water partition coefficient (Wildman–Crippen LogP) is 4.82. The average Bonchev–Trinajstić information content (AvgIpc) is 2.74. The number of carbonyl (C=O) groups excluding carboxylic acids is 1. The molecule has 1 aliphatic heterocycles. The van der Waals surface area contributed by atoms with Crippen molar-refractivity contribution < 1.29 is 4.79 Å². The van der Waals surface area contributed by atoms with Crippen molar-refractivity contribution in [1.82, 2.24) is 14.9 Å². The summed E-state index contributed by atoms with van der Waals surface area (Å²) in [5, 5.41) is 0.682. The van der Waals surface area contributed by atoms with Gasteiger partial charge in [-0.05, 0) is 31.0 Å². The predicted molar refractivity (Wildman–Crippen MR) is 107 cm³/mol. The van der Waals surface area contributed by atoms with Crippen molar-refractivity contribution in [2.45, 2.75) is 18.8 Å². The minimum absolute atomic E-state index is 0.0775. The van der Waals surface area contributed by atoms with Gasteiger partial charge in [-0.2, -0.15) is 0 Å². The number of halogens is 1. The van der Waals surface area contributed by atoms with Crippen molar-refractivity contribution in [3.05, 3.63) is 83.4 Å². The van der Waals surface area contributed by atoms with Gasteiger partial charge in [-0.15, -0.1) is 0 Å². The topological polar surface area (TPSA) is 46.1 Å². The van der Waals surface area contributed by atoms with Crippen LogP contribution >= 0.6 is 11.6 Å². The number of nitrogens with zero attached hydrogens (tertiary/aromatic N) is 3. The van der Waals surface area contributed by atoms with E-state index in [1.54, 1.807) is 6.33 Å². The van der Waals surface area contributed by atoms with Crippen LogP contribution in [0.2, 0.25) is 5.02 Å². The Labute approximate surface area is 163 Å². The molecule has 1 atom stereocenters. The van der Waals surface area contributed by atoms with Crippen molar-refractivity contribution in [3.63, 3.8) is 0 Å². The Bertz CT molecular complexity index is 945. The first kappa shape index (κ1) is 17.7. The van der Waals surface area contributed by atoms with Gasteiger partial charge < -0.3 is 4.90 Å². The van der Waals surface area contributed by atoms with E-state index in [0.29, 0.717) is 11.6 Å². The fourth-order valence-electron chi connectivity index (χ4n) is 3.70. The van der Waals surface area contributed by atoms with E-state index in [9.17, 15) is 4.79 Å². The van der Waals surface area contributed by atoms with E-state index < -0.39 is 0 Å². The first-order valence-corrected chi connectivity index (χ1v) is 9.51. The number of amides is 1. The van der Waals surface area contributed by atoms with Crippen molar-refractivity contribution in [3.8, 4) is 11.1 Å². The van der Waals surface area contributed by atoms with Crippen molar-refractivity contribution in [2.24, 2.45) is 0 Å². The van der Waals surface area contributed by atoms with Gasteiger partial charge in [-0.1, -0.05) is 48.0 Å². The summed E-state index contributed by atoms with van der Waals surface area (Å²) in [4.78, 5) is 23.6. The second-order valence-corrected chi connectivity index (χ2v) is 7.17. The second-order valence-electron chi connectivity index (χ2n) is 6.76. The van der Waals surface area contributed by atoms with Gasteiger partial charge >= 0.3 is 0 Å². The fraction of sp³-hybridized carbons (Fsp3) is 0.227. The molecule has 2 heterocycles. The standard InChI is InChI=1S/C22H20ClN3O/c23-20-11-5-4-10-18(20)19-13-24-15-25-21(19)17-9-6-12-26(14-17)22(27)16-7-2-1-3-8-16/h1-5,7-8,10-11,13,15,17H,6,9,12,14H2. The molecule has 1 aliphatic rings. The van der Waals surface area contributed by atoms with E-state index in [2.05, 4.69) is 9.97 Å². The van der Waals surface area contributed by atoms with Gasteiger partial charge in [-0.3, -0.25) is 4.79 Å². The zero-order chi connectivity index (χ0) is 18.6. The van der Waals surface area contributed by atoms with E-state index in [1.165, 1.54) is 0 Å². The molecule has 27 heavy (non-hydrogen) atoms. The molecule has 2 aromatic carbocycles. The van der Waals surface area contributed by atoms with Crippen LogP contribution in [0.15, 0.2) is 67.1 Å². The molecule has 0 radical (unpaired) electrons. The molecule has 4 rings (SSSR count). The van der Waals surface area contributed by atoms with Gasteiger partial charge in [0.05, 0.1) is 5.69 Å². The van der Waals surface area contributed by atoms with Crippen LogP contribution in [0.25, 0.3) is 11.1 Å². The molecule has 1 amide bonds. The first-order valence-electron chi connectivity index (χ1n) is 9.13. The molecule has 4 nitrogen and oxygen atoms in total. The smallest absolute Gasteiger partial charge is 0.253 e. The lowest BCUT2D eigenvalue weighted by molar-refractivity contribution is 0.0706. The van der Waals surface area contributed by atoms with E-state index in [-0.39, 0.29) is 11.8 Å². The van der Waals surface area contributed by atoms with E-state index in [0.717, 1.165) is 41.8 Å². The third-order valence-corrected chi connectivity index (χ3v) is 5.35. The van der Waals surface area contributed by atoms with Crippen molar-refractivity contribution in [1.29, 1.82) is 0 Å². The largest absolute Gasteiger partial charge is 0.338 e. The van der Waals surface area contributed by atoms with Crippen molar-refractivity contribution in [2.75, 3.05) is 13.1 Å². The molecule has 136 valence electrons. The van der Waals surface area contributed by atoms with Crippen LogP contribution in [-0.2, 0) is 0 Å². The number of hydrogen-bond acceptors (Lipinski definition) is 3. The second kappa shape index (κ2) is 7.89. The Morgan fingerprint density at radius 2 is 1.81 bits per heavy atom. The molecule has 3 aromatic rings. The van der Waals surface area contributed by atoms with Crippen LogP contribution < -0.4 is 0 Å². The van der Waals surface area contributed by atoms with Crippen LogP contribution in [0.5, 0.6) is 0 Å². The lowest BCUT2D eigenvalue weighted by Gasteiger charge is -2.33.